The van der Waals surface area contributed by atoms with Gasteiger partial charge in [-0.25, -0.2) is 13.2 Å². The van der Waals surface area contributed by atoms with Crippen LogP contribution >= 0.6 is 22.6 Å². The van der Waals surface area contributed by atoms with E-state index in [1.807, 2.05) is 27.5 Å². The van der Waals surface area contributed by atoms with Crippen molar-refractivity contribution in [1.82, 2.24) is 15.1 Å². The second kappa shape index (κ2) is 9.65. The molecular formula is C22H23F3IN5O. The normalized spacial score (nSPS) is 16.2. The van der Waals surface area contributed by atoms with Crippen molar-refractivity contribution in [2.24, 2.45) is 0 Å². The molecule has 0 aliphatic carbocycles. The zero-order chi connectivity index (χ0) is 22.8. The summed E-state index contributed by atoms with van der Waals surface area (Å²) in [6.07, 6.45) is 0.976. The largest absolute Gasteiger partial charge is 0.403 e. The van der Waals surface area contributed by atoms with Crippen LogP contribution in [0.3, 0.4) is 0 Å². The Kier molecular flexibility index (Phi) is 6.89. The van der Waals surface area contributed by atoms with Gasteiger partial charge in [-0.15, -0.1) is 5.10 Å². The molecule has 1 N–H and O–H groups in total. The van der Waals surface area contributed by atoms with Gasteiger partial charge >= 0.3 is 6.01 Å². The Bertz CT molecular complexity index is 1110. The highest BCUT2D eigenvalue weighted by atomic mass is 127. The smallest absolute Gasteiger partial charge is 0.318 e. The number of likely N-dealkylation sites (N-methyl/N-ethyl adjacent to an activating group) is 1. The molecule has 170 valence electrons. The Balaban J connectivity index is 1.62. The first-order chi connectivity index (χ1) is 15.4. The summed E-state index contributed by atoms with van der Waals surface area (Å²) in [7, 11) is 0. The summed E-state index contributed by atoms with van der Waals surface area (Å²) in [4.78, 5) is 4.37. The summed E-state index contributed by atoms with van der Waals surface area (Å²) < 4.78 is 49.5. The molecule has 0 spiro atoms. The van der Waals surface area contributed by atoms with Gasteiger partial charge in [-0.3, -0.25) is 4.90 Å². The average molecular weight is 557 g/mol. The van der Waals surface area contributed by atoms with Gasteiger partial charge in [-0.1, -0.05) is 18.9 Å². The summed E-state index contributed by atoms with van der Waals surface area (Å²) in [5.41, 5.74) is -0.0969. The quantitative estimate of drug-likeness (QED) is 0.392. The Hall–Kier alpha value is -2.34. The molecule has 1 unspecified atom stereocenters. The molecule has 2 aromatic carbocycles. The number of nitrogens with zero attached hydrogens (tertiary/aromatic N) is 4. The van der Waals surface area contributed by atoms with E-state index in [9.17, 15) is 13.2 Å². The summed E-state index contributed by atoms with van der Waals surface area (Å²) in [6.45, 7) is 7.70. The Morgan fingerprint density at radius 1 is 1.12 bits per heavy atom. The lowest BCUT2D eigenvalue weighted by molar-refractivity contribution is 0.232. The van der Waals surface area contributed by atoms with Gasteiger partial charge in [0, 0.05) is 22.7 Å². The highest BCUT2D eigenvalue weighted by Gasteiger charge is 2.30. The summed E-state index contributed by atoms with van der Waals surface area (Å²) >= 11 is 1.97. The van der Waals surface area contributed by atoms with Crippen LogP contribution in [0.1, 0.15) is 20.3 Å². The molecule has 0 radical (unpaired) electrons. The van der Waals surface area contributed by atoms with E-state index < -0.39 is 17.5 Å². The van der Waals surface area contributed by atoms with Crippen molar-refractivity contribution in [3.8, 4) is 11.5 Å². The van der Waals surface area contributed by atoms with Crippen LogP contribution in [-0.4, -0.2) is 47.3 Å². The van der Waals surface area contributed by atoms with Gasteiger partial charge in [0.1, 0.15) is 5.82 Å². The third kappa shape index (κ3) is 4.56. The molecule has 0 saturated carbocycles. The molecule has 1 aromatic heterocycles. The molecule has 2 heterocycles. The standard InChI is InChI=1S/C22H23F3IN5O/c1-3-30(4-2)14-9-10-31(12-14)22-29-28-21(32-22)15-6-7-16(23)19(25)20(15)27-18-8-5-13(26)11-17(18)24/h5-8,11,14,27H,3-4,9-10,12H2,1-2H3. The van der Waals surface area contributed by atoms with Gasteiger partial charge in [0.25, 0.3) is 5.89 Å². The highest BCUT2D eigenvalue weighted by Crippen LogP contribution is 2.35. The molecule has 0 amide bonds. The minimum atomic E-state index is -1.15. The van der Waals surface area contributed by atoms with Gasteiger partial charge in [0.05, 0.1) is 16.9 Å². The maximum atomic E-state index is 14.7. The van der Waals surface area contributed by atoms with Gasteiger partial charge in [-0.05, 0) is 72.4 Å². The van der Waals surface area contributed by atoms with Gasteiger partial charge in [0.2, 0.25) is 0 Å². The molecule has 1 atom stereocenters. The second-order valence-electron chi connectivity index (χ2n) is 7.53. The lowest BCUT2D eigenvalue weighted by atomic mass is 10.1. The molecular weight excluding hydrogens is 534 g/mol. The molecule has 6 nitrogen and oxygen atoms in total. The van der Waals surface area contributed by atoms with Crippen LogP contribution in [0.25, 0.3) is 11.5 Å². The van der Waals surface area contributed by atoms with E-state index in [1.54, 1.807) is 6.07 Å². The van der Waals surface area contributed by atoms with E-state index in [2.05, 4.69) is 34.3 Å². The number of benzene rings is 2. The summed E-state index contributed by atoms with van der Waals surface area (Å²) in [5.74, 6) is -2.78. The maximum absolute atomic E-state index is 14.7. The van der Waals surface area contributed by atoms with E-state index >= 15 is 0 Å². The van der Waals surface area contributed by atoms with Crippen LogP contribution in [0.2, 0.25) is 0 Å². The van der Waals surface area contributed by atoms with Crippen molar-refractivity contribution in [2.75, 3.05) is 36.4 Å². The third-order valence-electron chi connectivity index (χ3n) is 5.69. The van der Waals surface area contributed by atoms with E-state index in [-0.39, 0.29) is 22.8 Å². The summed E-state index contributed by atoms with van der Waals surface area (Å²) in [6, 6.07) is 7.46. The van der Waals surface area contributed by atoms with E-state index in [1.165, 1.54) is 18.2 Å². The first kappa shape index (κ1) is 22.8. The molecule has 10 heteroatoms. The fourth-order valence-electron chi connectivity index (χ4n) is 3.98. The molecule has 1 aliphatic rings. The lowest BCUT2D eigenvalue weighted by Crippen LogP contribution is -2.37. The number of aromatic nitrogens is 2. The third-order valence-corrected chi connectivity index (χ3v) is 6.36. The first-order valence-electron chi connectivity index (χ1n) is 10.4. The Labute approximate surface area is 197 Å². The second-order valence-corrected chi connectivity index (χ2v) is 8.78. The monoisotopic (exact) mass is 557 g/mol. The minimum Gasteiger partial charge on any atom is -0.403 e. The Morgan fingerprint density at radius 3 is 2.62 bits per heavy atom. The molecule has 3 aromatic rings. The topological polar surface area (TPSA) is 57.4 Å². The average Bonchev–Trinajstić information content (AvgIpc) is 3.44. The number of anilines is 3. The SMILES string of the molecule is CCN(CC)C1CCN(c2nnc(-c3ccc(F)c(F)c3Nc3ccc(I)cc3F)o2)C1. The van der Waals surface area contributed by atoms with Crippen LogP contribution in [0.5, 0.6) is 0 Å². The van der Waals surface area contributed by atoms with Gasteiger partial charge in [-0.2, -0.15) is 0 Å². The molecule has 4 rings (SSSR count). The molecule has 1 saturated heterocycles. The number of hydrogen-bond acceptors (Lipinski definition) is 6. The van der Waals surface area contributed by atoms with Crippen LogP contribution in [0, 0.1) is 21.0 Å². The van der Waals surface area contributed by atoms with Crippen LogP contribution < -0.4 is 10.2 Å². The van der Waals surface area contributed by atoms with Gasteiger partial charge in [0.15, 0.2) is 11.6 Å². The van der Waals surface area contributed by atoms with Crippen LogP contribution in [-0.2, 0) is 0 Å². The van der Waals surface area contributed by atoms with Crippen molar-refractivity contribution < 1.29 is 17.6 Å². The van der Waals surface area contributed by atoms with Crippen LogP contribution in [0.15, 0.2) is 34.7 Å². The molecule has 0 bridgehead atoms. The lowest BCUT2D eigenvalue weighted by Gasteiger charge is -2.25. The molecule has 32 heavy (non-hydrogen) atoms. The van der Waals surface area contributed by atoms with Gasteiger partial charge < -0.3 is 14.6 Å². The number of nitrogens with one attached hydrogen (secondary N) is 1. The van der Waals surface area contributed by atoms with Crippen molar-refractivity contribution in [1.29, 1.82) is 0 Å². The van der Waals surface area contributed by atoms with Crippen molar-refractivity contribution >= 4 is 40.0 Å². The predicted octanol–water partition coefficient (Wildman–Crippen LogP) is 5.42. The van der Waals surface area contributed by atoms with Crippen molar-refractivity contribution in [3.63, 3.8) is 0 Å². The number of halogens is 4. The predicted molar refractivity (Wildman–Crippen MR) is 126 cm³/mol. The minimum absolute atomic E-state index is 0.0116. The van der Waals surface area contributed by atoms with Crippen molar-refractivity contribution in [3.05, 3.63) is 51.4 Å². The van der Waals surface area contributed by atoms with Crippen LogP contribution in [0.4, 0.5) is 30.6 Å². The highest BCUT2D eigenvalue weighted by molar-refractivity contribution is 14.1. The number of hydrogen-bond donors (Lipinski definition) is 1. The van der Waals surface area contributed by atoms with E-state index in [0.717, 1.165) is 38.7 Å². The fraction of sp³-hybridized carbons (Fsp3) is 0.364. The first-order valence-corrected chi connectivity index (χ1v) is 11.5. The zero-order valence-corrected chi connectivity index (χ0v) is 19.9. The van der Waals surface area contributed by atoms with Crippen molar-refractivity contribution in [2.45, 2.75) is 26.3 Å². The summed E-state index contributed by atoms with van der Waals surface area (Å²) in [5, 5.41) is 10.8. The number of rotatable bonds is 7. The fourth-order valence-corrected chi connectivity index (χ4v) is 4.44. The maximum Gasteiger partial charge on any atom is 0.318 e. The molecule has 1 aliphatic heterocycles. The van der Waals surface area contributed by atoms with E-state index in [0.29, 0.717) is 15.6 Å². The Morgan fingerprint density at radius 2 is 1.91 bits per heavy atom. The van der Waals surface area contributed by atoms with E-state index in [4.69, 9.17) is 4.42 Å². The zero-order valence-electron chi connectivity index (χ0n) is 17.7. The molecule has 1 fully saturated rings.